The molecule has 17 nitrogen and oxygen atoms in total. The summed E-state index contributed by atoms with van der Waals surface area (Å²) in [7, 11) is 0. The number of nitrogens with one attached hydrogen (secondary N) is 3. The zero-order valence-electron chi connectivity index (χ0n) is 38.6. The lowest BCUT2D eigenvalue weighted by atomic mass is 10.2. The molecule has 0 aliphatic heterocycles. The normalized spacial score (nSPS) is 12.4. The summed E-state index contributed by atoms with van der Waals surface area (Å²) in [5, 5.41) is 22.0. The van der Waals surface area contributed by atoms with Gasteiger partial charge in [0.2, 0.25) is 0 Å². The van der Waals surface area contributed by atoms with Gasteiger partial charge in [0.05, 0.1) is 31.3 Å². The molecule has 23 heteroatoms. The highest BCUT2D eigenvalue weighted by Crippen LogP contribution is 2.18. The van der Waals surface area contributed by atoms with Crippen LogP contribution in [-0.4, -0.2) is 84.1 Å². The highest BCUT2D eigenvalue weighted by atomic mass is 79.9. The van der Waals surface area contributed by atoms with Gasteiger partial charge in [-0.25, -0.2) is 36.7 Å². The van der Waals surface area contributed by atoms with Crippen molar-refractivity contribution in [1.82, 2.24) is 29.3 Å². The number of benzene rings is 2. The van der Waals surface area contributed by atoms with Crippen LogP contribution < -0.4 is 38.9 Å². The summed E-state index contributed by atoms with van der Waals surface area (Å²) in [6.45, 7) is 18.1. The summed E-state index contributed by atoms with van der Waals surface area (Å²) in [5.74, 6) is -3.08. The van der Waals surface area contributed by atoms with Crippen molar-refractivity contribution < 1.29 is 46.8 Å². The van der Waals surface area contributed by atoms with E-state index in [1.165, 1.54) is 26.0 Å². The van der Waals surface area contributed by atoms with E-state index in [1.807, 2.05) is 0 Å². The van der Waals surface area contributed by atoms with Crippen LogP contribution in [0.25, 0.3) is 0 Å². The molecule has 368 valence electrons. The molecule has 66 heavy (non-hydrogen) atoms. The van der Waals surface area contributed by atoms with E-state index in [1.54, 1.807) is 62.3 Å². The number of alkyl carbamates (subject to hydrolysis) is 2. The zero-order chi connectivity index (χ0) is 51.0. The van der Waals surface area contributed by atoms with Gasteiger partial charge in [0.15, 0.2) is 0 Å². The first-order valence-electron chi connectivity index (χ1n) is 20.2. The second-order valence-corrected chi connectivity index (χ2v) is 18.2. The van der Waals surface area contributed by atoms with E-state index in [0.29, 0.717) is 12.2 Å². The zero-order valence-corrected chi connectivity index (χ0v) is 41.8. The van der Waals surface area contributed by atoms with Crippen molar-refractivity contribution in [3.8, 4) is 0 Å². The van der Waals surface area contributed by atoms with E-state index in [-0.39, 0.29) is 51.5 Å². The summed E-state index contributed by atoms with van der Waals surface area (Å²) < 4.78 is 68.7. The molecule has 0 unspecified atom stereocenters. The van der Waals surface area contributed by atoms with Gasteiger partial charge in [0.1, 0.15) is 43.4 Å². The molecule has 0 aliphatic rings. The van der Waals surface area contributed by atoms with E-state index < -0.39 is 87.8 Å². The minimum absolute atomic E-state index is 0.0619. The molecule has 0 spiro atoms. The van der Waals surface area contributed by atoms with Gasteiger partial charge in [0.25, 0.3) is 11.1 Å². The average Bonchev–Trinajstić information content (AvgIpc) is 3.19. The molecule has 2 aromatic carbocycles. The topological polar surface area (TPSA) is 242 Å². The van der Waals surface area contributed by atoms with Gasteiger partial charge in [-0.2, -0.15) is 0 Å². The van der Waals surface area contributed by atoms with Gasteiger partial charge in [-0.05, 0) is 132 Å². The molecule has 4 rings (SSSR count). The Labute approximate surface area is 395 Å². The quantitative estimate of drug-likeness (QED) is 0.106. The number of nitrogens with two attached hydrogens (primary N) is 1. The third-order valence-corrected chi connectivity index (χ3v) is 10.2. The number of carbonyl (C=O) groups excluding carboxylic acids is 2. The smallest absolute Gasteiger partial charge is 0.407 e. The fourth-order valence-electron chi connectivity index (χ4n) is 5.02. The third kappa shape index (κ3) is 19.4. The maximum Gasteiger partial charge on any atom is 0.407 e. The molecule has 0 fully saturated rings. The number of carbonyl (C=O) groups is 2. The first-order valence-corrected chi connectivity index (χ1v) is 21.8. The predicted molar refractivity (Wildman–Crippen MR) is 248 cm³/mol. The van der Waals surface area contributed by atoms with Crippen LogP contribution in [0.2, 0.25) is 0 Å². The number of H-pyrrole nitrogens is 1. The van der Waals surface area contributed by atoms with Crippen molar-refractivity contribution in [2.45, 2.75) is 119 Å². The van der Waals surface area contributed by atoms with Crippen LogP contribution in [0, 0.1) is 37.1 Å². The molecule has 7 N–H and O–H groups in total. The number of aliphatic hydroxyl groups is 2. The van der Waals surface area contributed by atoms with E-state index in [2.05, 4.69) is 47.5 Å². The Balaban J connectivity index is 0.000000513. The number of nitrogens with zero attached hydrogens (tertiary/aromatic N) is 3. The van der Waals surface area contributed by atoms with Crippen molar-refractivity contribution in [2.75, 3.05) is 19.6 Å². The Bertz CT molecular complexity index is 2470. The number of aromatic amines is 1. The molecule has 0 saturated carbocycles. The van der Waals surface area contributed by atoms with Gasteiger partial charge in [-0.3, -0.25) is 28.3 Å². The van der Waals surface area contributed by atoms with Crippen molar-refractivity contribution in [3.05, 3.63) is 133 Å². The van der Waals surface area contributed by atoms with Crippen LogP contribution >= 0.6 is 31.9 Å². The molecule has 0 aliphatic carbocycles. The van der Waals surface area contributed by atoms with Crippen molar-refractivity contribution in [1.29, 1.82) is 0 Å². The van der Waals surface area contributed by atoms with Gasteiger partial charge in [-0.1, -0.05) is 12.1 Å². The molecular weight excluding hydrogens is 1010 g/mol. The fourth-order valence-corrected chi connectivity index (χ4v) is 5.74. The Morgan fingerprint density at radius 3 is 1.47 bits per heavy atom. The van der Waals surface area contributed by atoms with Crippen LogP contribution in [0.3, 0.4) is 0 Å². The van der Waals surface area contributed by atoms with Crippen LogP contribution in [0.1, 0.15) is 90.9 Å². The number of rotatable bonds is 10. The Morgan fingerprint density at radius 1 is 0.712 bits per heavy atom. The first kappa shape index (κ1) is 58.9. The van der Waals surface area contributed by atoms with E-state index in [9.17, 15) is 46.3 Å². The lowest BCUT2D eigenvalue weighted by Crippen LogP contribution is -2.46. The van der Waals surface area contributed by atoms with Crippen LogP contribution in [0.15, 0.2) is 64.5 Å². The monoisotopic (exact) mass is 1070 g/mol. The molecule has 3 atom stereocenters. The second kappa shape index (κ2) is 26.3. The summed E-state index contributed by atoms with van der Waals surface area (Å²) in [6.07, 6.45) is -2.07. The number of aromatic nitrogens is 4. The SMILES string of the molecule is C[C@H](O)CN.C[C@H](O)CNC(=O)OC(C)(C)C.Cc1c(Br)c(=O)[nH]c(=O)n1Cc1c(F)cccc1F.Cc1c(Br)c(=O)n([C@H](C)CNC(=O)OC(C)(C)C)c(=O)n1Cc1c(F)cccc1F. The molecule has 2 amide bonds. The maximum atomic E-state index is 14.1. The number of hydrogen-bond donors (Lipinski definition) is 6. The number of halogens is 6. The summed E-state index contributed by atoms with van der Waals surface area (Å²) in [6, 6.07) is 6.14. The lowest BCUT2D eigenvalue weighted by molar-refractivity contribution is 0.0494. The maximum absolute atomic E-state index is 14.1. The van der Waals surface area contributed by atoms with E-state index in [0.717, 1.165) is 38.0 Å². The van der Waals surface area contributed by atoms with Gasteiger partial charge in [-0.15, -0.1) is 0 Å². The van der Waals surface area contributed by atoms with Crippen LogP contribution in [-0.2, 0) is 22.6 Å². The average molecular weight is 1070 g/mol. The molecular formula is C43H59Br2F4N7O10. The third-order valence-electron chi connectivity index (χ3n) is 8.37. The summed E-state index contributed by atoms with van der Waals surface area (Å²) >= 11 is 6.18. The van der Waals surface area contributed by atoms with Crippen molar-refractivity contribution in [3.63, 3.8) is 0 Å². The molecule has 2 aromatic heterocycles. The second-order valence-electron chi connectivity index (χ2n) is 16.6. The summed E-state index contributed by atoms with van der Waals surface area (Å²) in [5.41, 5.74) is 1.10. The fraction of sp³-hybridized carbons (Fsp3) is 0.488. The molecule has 2 heterocycles. The Morgan fingerprint density at radius 2 is 1.09 bits per heavy atom. The van der Waals surface area contributed by atoms with Gasteiger partial charge in [0, 0.05) is 42.1 Å². The van der Waals surface area contributed by atoms with Gasteiger partial charge >= 0.3 is 23.6 Å². The highest BCUT2D eigenvalue weighted by Gasteiger charge is 2.23. The van der Waals surface area contributed by atoms with Gasteiger partial charge < -0.3 is 36.1 Å². The van der Waals surface area contributed by atoms with Crippen LogP contribution in [0.4, 0.5) is 27.2 Å². The van der Waals surface area contributed by atoms with E-state index >= 15 is 0 Å². The van der Waals surface area contributed by atoms with Crippen molar-refractivity contribution >= 4 is 44.0 Å². The molecule has 4 aromatic rings. The standard InChI is InChI=1S/C20H24BrF2N3O4.C12H9BrF2N2O2.C8H17NO3.C3H9NO/c1-11(9-24-18(28)30-20(3,4)5)26-17(27)16(21)12(2)25(19(26)29)10-13-14(22)7-6-8-15(13)23;1-6-10(13)11(18)16-12(19)17(6)5-7-8(14)3-2-4-9(7)15;1-6(10)5-9-7(11)12-8(2,3)4;1-3(5)2-4/h6-8,11H,9-10H2,1-5H3,(H,24,28);2-4H,5H2,1H3,(H,16,18,19);6,10H,5H2,1-4H3,(H,9,11);3,5H,2,4H2,1H3/t11-;;6-;3-/m1.00/s1. The lowest BCUT2D eigenvalue weighted by Gasteiger charge is -2.22. The summed E-state index contributed by atoms with van der Waals surface area (Å²) in [4.78, 5) is 73.6. The number of aliphatic hydroxyl groups excluding tert-OH is 2. The van der Waals surface area contributed by atoms with Crippen LogP contribution in [0.5, 0.6) is 0 Å². The predicted octanol–water partition coefficient (Wildman–Crippen LogP) is 5.64. The largest absolute Gasteiger partial charge is 0.444 e. The molecule has 0 bridgehead atoms. The number of ether oxygens (including phenoxy) is 2. The Kier molecular flexibility index (Phi) is 23.5. The first-order chi connectivity index (χ1) is 30.3. The number of hydrogen-bond acceptors (Lipinski definition) is 11. The van der Waals surface area contributed by atoms with Crippen molar-refractivity contribution in [2.24, 2.45) is 5.73 Å². The molecule has 0 saturated heterocycles. The Hall–Kier alpha value is -5.10. The minimum Gasteiger partial charge on any atom is -0.444 e. The minimum atomic E-state index is -0.796. The highest BCUT2D eigenvalue weighted by molar-refractivity contribution is 9.10. The van der Waals surface area contributed by atoms with E-state index in [4.69, 9.17) is 25.4 Å². The molecule has 0 radical (unpaired) electrons. The number of amides is 2.